The Hall–Kier alpha value is -0.420. The lowest BCUT2D eigenvalue weighted by molar-refractivity contribution is -0.131. The van der Waals surface area contributed by atoms with Gasteiger partial charge in [0.05, 0.1) is 5.02 Å². The number of carbonyl (C=O) groups excluding carboxylic acids is 1. The van der Waals surface area contributed by atoms with Gasteiger partial charge in [0, 0.05) is 36.2 Å². The first-order chi connectivity index (χ1) is 9.72. The minimum Gasteiger partial charge on any atom is -0.338 e. The lowest BCUT2D eigenvalue weighted by Crippen LogP contribution is -2.40. The summed E-state index contributed by atoms with van der Waals surface area (Å²) in [5.41, 5.74) is 0. The van der Waals surface area contributed by atoms with Crippen LogP contribution >= 0.6 is 35.8 Å². The lowest BCUT2D eigenvalue weighted by Gasteiger charge is -2.24. The molecule has 3 nitrogen and oxygen atoms in total. The van der Waals surface area contributed by atoms with Crippen molar-refractivity contribution < 1.29 is 4.79 Å². The summed E-state index contributed by atoms with van der Waals surface area (Å²) in [4.78, 5) is 15.3. The average Bonchev–Trinajstić information content (AvgIpc) is 2.89. The SMILES string of the molecule is CNCC1CCCN1C(=O)CCSc1ccccc1Cl.Cl. The van der Waals surface area contributed by atoms with Crippen molar-refractivity contribution in [3.63, 3.8) is 0 Å². The Balaban J connectivity index is 0.00000220. The highest BCUT2D eigenvalue weighted by Crippen LogP contribution is 2.27. The summed E-state index contributed by atoms with van der Waals surface area (Å²) in [6, 6.07) is 8.15. The molecule has 0 aliphatic carbocycles. The predicted molar refractivity (Wildman–Crippen MR) is 92.7 cm³/mol. The smallest absolute Gasteiger partial charge is 0.223 e. The molecule has 1 aliphatic rings. The zero-order valence-corrected chi connectivity index (χ0v) is 14.6. The largest absolute Gasteiger partial charge is 0.338 e. The van der Waals surface area contributed by atoms with Gasteiger partial charge in [-0.15, -0.1) is 24.2 Å². The van der Waals surface area contributed by atoms with Gasteiger partial charge in [-0.25, -0.2) is 0 Å². The van der Waals surface area contributed by atoms with E-state index in [0.717, 1.165) is 41.6 Å². The highest BCUT2D eigenvalue weighted by atomic mass is 35.5. The van der Waals surface area contributed by atoms with Crippen LogP contribution in [0.15, 0.2) is 29.2 Å². The minimum absolute atomic E-state index is 0. The highest BCUT2D eigenvalue weighted by Gasteiger charge is 2.27. The van der Waals surface area contributed by atoms with E-state index in [9.17, 15) is 4.79 Å². The molecule has 1 N–H and O–H groups in total. The van der Waals surface area contributed by atoms with Crippen LogP contribution in [0.4, 0.5) is 0 Å². The number of nitrogens with one attached hydrogen (secondary N) is 1. The van der Waals surface area contributed by atoms with E-state index in [1.807, 2.05) is 36.2 Å². The van der Waals surface area contributed by atoms with Gasteiger partial charge in [0.25, 0.3) is 0 Å². The summed E-state index contributed by atoms with van der Waals surface area (Å²) in [5, 5.41) is 3.93. The fraction of sp³-hybridized carbons (Fsp3) is 0.533. The van der Waals surface area contributed by atoms with E-state index in [-0.39, 0.29) is 18.3 Å². The van der Waals surface area contributed by atoms with Gasteiger partial charge in [-0.3, -0.25) is 4.79 Å². The van der Waals surface area contributed by atoms with Crippen LogP contribution in [0.5, 0.6) is 0 Å². The Morgan fingerprint density at radius 1 is 1.48 bits per heavy atom. The second kappa shape index (κ2) is 9.57. The topological polar surface area (TPSA) is 32.3 Å². The van der Waals surface area contributed by atoms with Gasteiger partial charge in [-0.05, 0) is 32.0 Å². The van der Waals surface area contributed by atoms with Gasteiger partial charge in [0.15, 0.2) is 0 Å². The third kappa shape index (κ3) is 5.37. The summed E-state index contributed by atoms with van der Waals surface area (Å²) >= 11 is 7.76. The van der Waals surface area contributed by atoms with E-state index in [1.165, 1.54) is 0 Å². The maximum Gasteiger partial charge on any atom is 0.223 e. The van der Waals surface area contributed by atoms with E-state index >= 15 is 0 Å². The summed E-state index contributed by atoms with van der Waals surface area (Å²) < 4.78 is 0. The fourth-order valence-corrected chi connectivity index (χ4v) is 3.74. The lowest BCUT2D eigenvalue weighted by atomic mass is 10.2. The van der Waals surface area contributed by atoms with Crippen LogP contribution in [-0.4, -0.2) is 42.7 Å². The highest BCUT2D eigenvalue weighted by molar-refractivity contribution is 7.99. The van der Waals surface area contributed by atoms with Crippen LogP contribution in [0.25, 0.3) is 0 Å². The fourth-order valence-electron chi connectivity index (χ4n) is 2.57. The number of amides is 1. The number of halogens is 2. The Morgan fingerprint density at radius 2 is 2.24 bits per heavy atom. The van der Waals surface area contributed by atoms with Crippen molar-refractivity contribution in [2.45, 2.75) is 30.2 Å². The van der Waals surface area contributed by atoms with Crippen LogP contribution in [0.2, 0.25) is 5.02 Å². The molecule has 0 spiro atoms. The van der Waals surface area contributed by atoms with Gasteiger partial charge < -0.3 is 10.2 Å². The molecular formula is C15H22Cl2N2OS. The monoisotopic (exact) mass is 348 g/mol. The number of likely N-dealkylation sites (N-methyl/N-ethyl adjacent to an activating group) is 1. The van der Waals surface area contributed by atoms with Crippen molar-refractivity contribution in [2.75, 3.05) is 25.9 Å². The van der Waals surface area contributed by atoms with Crippen LogP contribution in [0.1, 0.15) is 19.3 Å². The molecule has 1 saturated heterocycles. The molecular weight excluding hydrogens is 327 g/mol. The second-order valence-electron chi connectivity index (χ2n) is 4.97. The molecule has 1 fully saturated rings. The number of rotatable bonds is 6. The van der Waals surface area contributed by atoms with Crippen molar-refractivity contribution in [2.24, 2.45) is 0 Å². The molecule has 1 aliphatic heterocycles. The molecule has 1 aromatic carbocycles. The molecule has 21 heavy (non-hydrogen) atoms. The van der Waals surface area contributed by atoms with Gasteiger partial charge in [0.2, 0.25) is 5.91 Å². The van der Waals surface area contributed by atoms with Crippen molar-refractivity contribution in [1.82, 2.24) is 10.2 Å². The first kappa shape index (κ1) is 18.6. The van der Waals surface area contributed by atoms with Crippen molar-refractivity contribution in [1.29, 1.82) is 0 Å². The third-order valence-electron chi connectivity index (χ3n) is 3.55. The van der Waals surface area contributed by atoms with E-state index in [0.29, 0.717) is 12.5 Å². The van der Waals surface area contributed by atoms with Crippen LogP contribution in [-0.2, 0) is 4.79 Å². The molecule has 118 valence electrons. The normalized spacial score (nSPS) is 17.6. The Bertz CT molecular complexity index is 459. The Kier molecular flexibility index (Phi) is 8.49. The zero-order chi connectivity index (χ0) is 14.4. The Labute approximate surface area is 142 Å². The number of nitrogens with zero attached hydrogens (tertiary/aromatic N) is 1. The zero-order valence-electron chi connectivity index (χ0n) is 12.2. The van der Waals surface area contributed by atoms with E-state index in [1.54, 1.807) is 11.8 Å². The minimum atomic E-state index is 0. The number of benzene rings is 1. The van der Waals surface area contributed by atoms with Gasteiger partial charge >= 0.3 is 0 Å². The molecule has 1 aromatic rings. The number of thioether (sulfide) groups is 1. The van der Waals surface area contributed by atoms with Gasteiger partial charge in [0.1, 0.15) is 0 Å². The molecule has 1 unspecified atom stereocenters. The second-order valence-corrected chi connectivity index (χ2v) is 6.51. The molecule has 2 rings (SSSR count). The number of hydrogen-bond acceptors (Lipinski definition) is 3. The third-order valence-corrected chi connectivity index (χ3v) is 5.06. The van der Waals surface area contributed by atoms with Crippen LogP contribution < -0.4 is 5.32 Å². The number of hydrogen-bond donors (Lipinski definition) is 1. The molecule has 1 atom stereocenters. The summed E-state index contributed by atoms with van der Waals surface area (Å²) in [5.74, 6) is 1.05. The van der Waals surface area contributed by atoms with Gasteiger partial charge in [-0.1, -0.05) is 23.7 Å². The summed E-state index contributed by atoms with van der Waals surface area (Å²) in [7, 11) is 1.94. The summed E-state index contributed by atoms with van der Waals surface area (Å²) in [6.07, 6.45) is 2.82. The average molecular weight is 349 g/mol. The van der Waals surface area contributed by atoms with E-state index in [4.69, 9.17) is 11.6 Å². The first-order valence-electron chi connectivity index (χ1n) is 7.03. The standard InChI is InChI=1S/C15H21ClN2OS.ClH/c1-17-11-12-5-4-9-18(12)15(19)8-10-20-14-7-3-2-6-13(14)16;/h2-3,6-7,12,17H,4-5,8-11H2,1H3;1H. The van der Waals surface area contributed by atoms with E-state index < -0.39 is 0 Å². The van der Waals surface area contributed by atoms with E-state index in [2.05, 4.69) is 5.32 Å². The molecule has 1 amide bonds. The first-order valence-corrected chi connectivity index (χ1v) is 8.40. The van der Waals surface area contributed by atoms with Crippen LogP contribution in [0, 0.1) is 0 Å². The van der Waals surface area contributed by atoms with Gasteiger partial charge in [-0.2, -0.15) is 0 Å². The molecule has 0 radical (unpaired) electrons. The van der Waals surface area contributed by atoms with Crippen molar-refractivity contribution >= 4 is 41.7 Å². The molecule has 1 heterocycles. The maximum absolute atomic E-state index is 12.3. The number of carbonyl (C=O) groups is 1. The van der Waals surface area contributed by atoms with Crippen molar-refractivity contribution in [3.05, 3.63) is 29.3 Å². The predicted octanol–water partition coefficient (Wildman–Crippen LogP) is 3.45. The van der Waals surface area contributed by atoms with Crippen LogP contribution in [0.3, 0.4) is 0 Å². The quantitative estimate of drug-likeness (QED) is 0.799. The summed E-state index contributed by atoms with van der Waals surface area (Å²) in [6.45, 7) is 1.80. The molecule has 0 saturated carbocycles. The Morgan fingerprint density at radius 3 is 2.95 bits per heavy atom. The van der Waals surface area contributed by atoms with Crippen molar-refractivity contribution in [3.8, 4) is 0 Å². The maximum atomic E-state index is 12.3. The molecule has 6 heteroatoms. The number of likely N-dealkylation sites (tertiary alicyclic amines) is 1. The molecule has 0 bridgehead atoms. The molecule has 0 aromatic heterocycles.